The maximum Gasteiger partial charge on any atom is 0.355 e. The molecule has 4 heteroatoms. The average molecular weight is 304 g/mol. The molecule has 1 aliphatic carbocycles. The zero-order chi connectivity index (χ0) is 15.4. The van der Waals surface area contributed by atoms with Gasteiger partial charge >= 0.3 is 5.97 Å². The summed E-state index contributed by atoms with van der Waals surface area (Å²) in [4.78, 5) is 15.5. The van der Waals surface area contributed by atoms with Crippen molar-refractivity contribution >= 4 is 17.6 Å². The molecular formula is C17H18ClNO2. The fourth-order valence-electron chi connectivity index (χ4n) is 2.79. The number of fused-ring (bicyclic) bond motifs is 3. The van der Waals surface area contributed by atoms with Crippen LogP contribution in [0.3, 0.4) is 0 Å². The van der Waals surface area contributed by atoms with E-state index in [-0.39, 0.29) is 11.3 Å². The van der Waals surface area contributed by atoms with Crippen LogP contribution in [0.15, 0.2) is 24.3 Å². The van der Waals surface area contributed by atoms with Crippen LogP contribution in [0.4, 0.5) is 0 Å². The van der Waals surface area contributed by atoms with Gasteiger partial charge in [-0.25, -0.2) is 4.79 Å². The highest BCUT2D eigenvalue weighted by Gasteiger charge is 2.34. The van der Waals surface area contributed by atoms with Crippen molar-refractivity contribution in [1.82, 2.24) is 4.98 Å². The Kier molecular flexibility index (Phi) is 3.14. The quantitative estimate of drug-likeness (QED) is 0.618. The van der Waals surface area contributed by atoms with Crippen molar-refractivity contribution in [2.75, 3.05) is 0 Å². The highest BCUT2D eigenvalue weighted by atomic mass is 35.5. The summed E-state index contributed by atoms with van der Waals surface area (Å²) in [6.45, 7) is 7.50. The highest BCUT2D eigenvalue weighted by molar-refractivity contribution is 6.24. The number of benzene rings is 1. The number of hydrogen-bond donors (Lipinski definition) is 1. The Balaban J connectivity index is 2.08. The number of carbonyl (C=O) groups is 1. The number of nitrogens with one attached hydrogen (secondary N) is 1. The lowest BCUT2D eigenvalue weighted by Gasteiger charge is -2.19. The predicted molar refractivity (Wildman–Crippen MR) is 83.8 cm³/mol. The molecule has 0 aliphatic heterocycles. The van der Waals surface area contributed by atoms with Crippen LogP contribution in [0.1, 0.15) is 53.5 Å². The van der Waals surface area contributed by atoms with Crippen molar-refractivity contribution in [3.8, 4) is 11.1 Å². The summed E-state index contributed by atoms with van der Waals surface area (Å²) in [6.07, 6.45) is 0. The fourth-order valence-corrected chi connectivity index (χ4v) is 3.14. The summed E-state index contributed by atoms with van der Waals surface area (Å²) in [5.41, 5.74) is 4.97. The van der Waals surface area contributed by atoms with E-state index in [0.29, 0.717) is 5.69 Å². The third-order valence-electron chi connectivity index (χ3n) is 3.64. The van der Waals surface area contributed by atoms with E-state index in [0.717, 1.165) is 27.9 Å². The number of aromatic amines is 1. The van der Waals surface area contributed by atoms with Gasteiger partial charge in [-0.1, -0.05) is 24.3 Å². The van der Waals surface area contributed by atoms with Gasteiger partial charge in [-0.3, -0.25) is 0 Å². The van der Waals surface area contributed by atoms with Gasteiger partial charge in [0.2, 0.25) is 0 Å². The van der Waals surface area contributed by atoms with Crippen molar-refractivity contribution in [3.63, 3.8) is 0 Å². The van der Waals surface area contributed by atoms with E-state index < -0.39 is 5.60 Å². The number of hydrogen-bond acceptors (Lipinski definition) is 2. The Morgan fingerprint density at radius 2 is 1.95 bits per heavy atom. The Labute approximate surface area is 129 Å². The molecule has 1 atom stereocenters. The van der Waals surface area contributed by atoms with Gasteiger partial charge in [0, 0.05) is 11.3 Å². The van der Waals surface area contributed by atoms with Crippen LogP contribution in [-0.4, -0.2) is 16.6 Å². The first-order valence-corrected chi connectivity index (χ1v) is 7.42. The van der Waals surface area contributed by atoms with E-state index in [1.165, 1.54) is 0 Å². The molecule has 2 aromatic rings. The zero-order valence-corrected chi connectivity index (χ0v) is 13.3. The van der Waals surface area contributed by atoms with E-state index in [2.05, 4.69) is 4.98 Å². The van der Waals surface area contributed by atoms with Gasteiger partial charge in [-0.05, 0) is 44.4 Å². The van der Waals surface area contributed by atoms with Crippen LogP contribution in [0, 0.1) is 6.92 Å². The van der Waals surface area contributed by atoms with Gasteiger partial charge in [0.05, 0.1) is 5.38 Å². The molecule has 0 amide bonds. The minimum Gasteiger partial charge on any atom is -0.455 e. The summed E-state index contributed by atoms with van der Waals surface area (Å²) < 4.78 is 5.45. The number of aromatic nitrogens is 1. The SMILES string of the molecule is Cc1c(C(=O)OC(C)(C)C)[nH]c2c1-c1ccccc1C2Cl. The molecular weight excluding hydrogens is 286 g/mol. The molecule has 1 heterocycles. The first-order chi connectivity index (χ1) is 9.79. The van der Waals surface area contributed by atoms with Crippen LogP contribution >= 0.6 is 11.6 Å². The predicted octanol–water partition coefficient (Wildman–Crippen LogP) is 4.59. The van der Waals surface area contributed by atoms with Gasteiger partial charge < -0.3 is 9.72 Å². The normalized spacial score (nSPS) is 16.5. The summed E-state index contributed by atoms with van der Waals surface area (Å²) in [5.74, 6) is -0.337. The number of H-pyrrole nitrogens is 1. The largest absolute Gasteiger partial charge is 0.455 e. The smallest absolute Gasteiger partial charge is 0.355 e. The fraction of sp³-hybridized carbons (Fsp3) is 0.353. The van der Waals surface area contributed by atoms with Crippen LogP contribution in [0.5, 0.6) is 0 Å². The van der Waals surface area contributed by atoms with Gasteiger partial charge in [0.15, 0.2) is 0 Å². The standard InChI is InChI=1S/C17H18ClNO2/c1-9-12-10-7-5-6-8-11(10)13(18)15(12)19-14(9)16(20)21-17(2,3)4/h5-8,13,19H,1-4H3. The second kappa shape index (κ2) is 4.63. The molecule has 0 saturated carbocycles. The van der Waals surface area contributed by atoms with Gasteiger partial charge in [0.1, 0.15) is 11.3 Å². The minimum absolute atomic E-state index is 0.244. The first-order valence-electron chi connectivity index (χ1n) is 6.99. The number of halogens is 1. The molecule has 0 radical (unpaired) electrons. The number of esters is 1. The van der Waals surface area contributed by atoms with E-state index in [1.807, 2.05) is 52.0 Å². The first kappa shape index (κ1) is 14.2. The zero-order valence-electron chi connectivity index (χ0n) is 12.6. The molecule has 0 saturated heterocycles. The maximum absolute atomic E-state index is 12.3. The Bertz CT molecular complexity index is 725. The Hall–Kier alpha value is -1.74. The Morgan fingerprint density at radius 3 is 2.62 bits per heavy atom. The topological polar surface area (TPSA) is 42.1 Å². The molecule has 3 rings (SSSR count). The van der Waals surface area contributed by atoms with Crippen molar-refractivity contribution in [2.45, 2.75) is 38.7 Å². The van der Waals surface area contributed by atoms with Gasteiger partial charge in [-0.15, -0.1) is 11.6 Å². The number of rotatable bonds is 1. The van der Waals surface area contributed by atoms with Crippen molar-refractivity contribution in [3.05, 3.63) is 46.8 Å². The molecule has 1 aliphatic rings. The van der Waals surface area contributed by atoms with E-state index >= 15 is 0 Å². The van der Waals surface area contributed by atoms with Crippen LogP contribution in [-0.2, 0) is 4.74 Å². The molecule has 3 nitrogen and oxygen atoms in total. The summed E-state index contributed by atoms with van der Waals surface area (Å²) >= 11 is 6.51. The second-order valence-electron chi connectivity index (χ2n) is 6.37. The Morgan fingerprint density at radius 1 is 1.29 bits per heavy atom. The molecule has 21 heavy (non-hydrogen) atoms. The van der Waals surface area contributed by atoms with Gasteiger partial charge in [0.25, 0.3) is 0 Å². The van der Waals surface area contributed by atoms with E-state index in [9.17, 15) is 4.79 Å². The highest BCUT2D eigenvalue weighted by Crippen LogP contribution is 2.48. The summed E-state index contributed by atoms with van der Waals surface area (Å²) in [6, 6.07) is 8.02. The van der Waals surface area contributed by atoms with Crippen LogP contribution in [0.25, 0.3) is 11.1 Å². The van der Waals surface area contributed by atoms with Crippen molar-refractivity contribution < 1.29 is 9.53 Å². The molecule has 0 fully saturated rings. The third-order valence-corrected chi connectivity index (χ3v) is 4.09. The molecule has 0 bridgehead atoms. The molecule has 0 spiro atoms. The second-order valence-corrected chi connectivity index (χ2v) is 6.80. The lowest BCUT2D eigenvalue weighted by atomic mass is 10.0. The molecule has 1 unspecified atom stereocenters. The maximum atomic E-state index is 12.3. The van der Waals surface area contributed by atoms with Crippen molar-refractivity contribution in [2.24, 2.45) is 0 Å². The van der Waals surface area contributed by atoms with E-state index in [1.54, 1.807) is 0 Å². The third kappa shape index (κ3) is 2.26. The number of ether oxygens (including phenoxy) is 1. The molecule has 110 valence electrons. The summed E-state index contributed by atoms with van der Waals surface area (Å²) in [5, 5.41) is -0.244. The number of carbonyl (C=O) groups excluding carboxylic acids is 1. The van der Waals surface area contributed by atoms with Gasteiger partial charge in [-0.2, -0.15) is 0 Å². The number of alkyl halides is 1. The molecule has 1 N–H and O–H groups in total. The van der Waals surface area contributed by atoms with Crippen molar-refractivity contribution in [1.29, 1.82) is 0 Å². The van der Waals surface area contributed by atoms with E-state index in [4.69, 9.17) is 16.3 Å². The average Bonchev–Trinajstić information content (AvgIpc) is 2.86. The monoisotopic (exact) mass is 303 g/mol. The van der Waals surface area contributed by atoms with Crippen LogP contribution in [0.2, 0.25) is 0 Å². The minimum atomic E-state index is -0.517. The molecule has 1 aromatic heterocycles. The molecule has 1 aromatic carbocycles. The lowest BCUT2D eigenvalue weighted by Crippen LogP contribution is -2.24. The lowest BCUT2D eigenvalue weighted by molar-refractivity contribution is 0.00626. The summed E-state index contributed by atoms with van der Waals surface area (Å²) in [7, 11) is 0. The van der Waals surface area contributed by atoms with Crippen LogP contribution < -0.4 is 0 Å².